The number of phenolic OH excluding ortho intramolecular Hbond substituents is 1. The predicted octanol–water partition coefficient (Wildman–Crippen LogP) is 4.20. The number of carbonyl (C=O) groups excluding carboxylic acids is 2. The molecule has 41 heavy (non-hydrogen) atoms. The van der Waals surface area contributed by atoms with Gasteiger partial charge in [0.1, 0.15) is 28.2 Å². The Morgan fingerprint density at radius 1 is 1.15 bits per heavy atom. The van der Waals surface area contributed by atoms with Gasteiger partial charge in [-0.2, -0.15) is 0 Å². The van der Waals surface area contributed by atoms with Gasteiger partial charge in [-0.1, -0.05) is 70.2 Å². The summed E-state index contributed by atoms with van der Waals surface area (Å²) in [6.45, 7) is 4.21. The molecule has 5 rings (SSSR count). The van der Waals surface area contributed by atoms with Crippen LogP contribution in [0.25, 0.3) is 0 Å². The zero-order valence-corrected chi connectivity index (χ0v) is 25.9. The lowest BCUT2D eigenvalue weighted by molar-refractivity contribution is -0.952. The Balaban J connectivity index is 0.000000275. The Kier molecular flexibility index (Phi) is 10.2. The van der Waals surface area contributed by atoms with E-state index >= 15 is 0 Å². The Morgan fingerprint density at radius 2 is 1.83 bits per heavy atom. The van der Waals surface area contributed by atoms with Gasteiger partial charge < -0.3 is 30.3 Å². The molecule has 1 aromatic rings. The first-order valence-electron chi connectivity index (χ1n) is 15.9. The van der Waals surface area contributed by atoms with E-state index in [1.54, 1.807) is 6.07 Å². The molecular weight excluding hydrogens is 536 g/mol. The number of nitrogens with two attached hydrogens (primary N) is 1. The van der Waals surface area contributed by atoms with Gasteiger partial charge in [0.25, 0.3) is 0 Å². The summed E-state index contributed by atoms with van der Waals surface area (Å²) in [6.07, 6.45) is 14.9. The summed E-state index contributed by atoms with van der Waals surface area (Å²) >= 11 is 5.15. The smallest absolute Gasteiger partial charge is 0.134 e. The second-order valence-corrected chi connectivity index (χ2v) is 13.9. The zero-order valence-electron chi connectivity index (χ0n) is 25.1. The third-order valence-corrected chi connectivity index (χ3v) is 11.0. The van der Waals surface area contributed by atoms with Crippen LogP contribution in [0.4, 0.5) is 0 Å². The number of aromatic hydroxyl groups is 1. The molecule has 0 amide bonds. The first-order chi connectivity index (χ1) is 19.5. The zero-order chi connectivity index (χ0) is 29.8. The molecule has 1 aromatic carbocycles. The minimum atomic E-state index is -0.989. The quantitative estimate of drug-likeness (QED) is 0.202. The van der Waals surface area contributed by atoms with Crippen LogP contribution in [0.3, 0.4) is 0 Å². The number of thiocarbonyl (C=S) groups is 1. The van der Waals surface area contributed by atoms with Crippen molar-refractivity contribution in [2.24, 2.45) is 11.7 Å². The maximum Gasteiger partial charge on any atom is 0.134 e. The highest BCUT2D eigenvalue weighted by molar-refractivity contribution is 7.80. The number of Topliss-reactive ketones (excluding diaryl/α,β-unsaturated/α-hetero) is 1. The second-order valence-electron chi connectivity index (χ2n) is 13.5. The normalized spacial score (nSPS) is 30.3. The number of aliphatic carboxylic acids is 1. The van der Waals surface area contributed by atoms with Crippen molar-refractivity contribution in [1.29, 1.82) is 0 Å². The minimum Gasteiger partial charge on any atom is -0.550 e. The summed E-state index contributed by atoms with van der Waals surface area (Å²) in [4.78, 5) is 22.8. The number of aliphatic hydroxyl groups is 1. The Labute approximate surface area is 251 Å². The highest BCUT2D eigenvalue weighted by atomic mass is 32.1. The number of piperidine rings is 1. The maximum absolute atomic E-state index is 12.6. The minimum absolute atomic E-state index is 0.0486. The molecule has 8 heteroatoms. The fraction of sp³-hybridized carbons (Fsp3) is 0.727. The highest BCUT2D eigenvalue weighted by Gasteiger charge is 2.70. The summed E-state index contributed by atoms with van der Waals surface area (Å²) in [7, 11) is 2.30. The molecule has 0 aromatic heterocycles. The van der Waals surface area contributed by atoms with Gasteiger partial charge in [-0.25, -0.2) is 0 Å². The molecule has 4 atom stereocenters. The molecule has 2 saturated carbocycles. The summed E-state index contributed by atoms with van der Waals surface area (Å²) in [6, 6.07) is 3.86. The van der Waals surface area contributed by atoms with Crippen molar-refractivity contribution in [3.8, 4) is 5.75 Å². The number of phenols is 1. The molecule has 2 bridgehead atoms. The van der Waals surface area contributed by atoms with E-state index < -0.39 is 17.0 Å². The second kappa shape index (κ2) is 13.1. The van der Waals surface area contributed by atoms with Gasteiger partial charge in [-0.15, -0.1) is 0 Å². The third-order valence-electron chi connectivity index (χ3n) is 10.8. The molecule has 4 N–H and O–H groups in total. The fourth-order valence-electron chi connectivity index (χ4n) is 8.33. The highest BCUT2D eigenvalue weighted by Crippen LogP contribution is 2.61. The van der Waals surface area contributed by atoms with E-state index in [4.69, 9.17) is 18.0 Å². The van der Waals surface area contributed by atoms with Crippen molar-refractivity contribution in [2.45, 2.75) is 127 Å². The van der Waals surface area contributed by atoms with E-state index in [0.29, 0.717) is 31.2 Å². The summed E-state index contributed by atoms with van der Waals surface area (Å²) < 4.78 is 0.869. The number of quaternary nitrogens is 1. The molecule has 4 aliphatic rings. The molecule has 0 spiro atoms. The number of benzene rings is 1. The van der Waals surface area contributed by atoms with Crippen LogP contribution in [0, 0.1) is 5.92 Å². The van der Waals surface area contributed by atoms with Crippen molar-refractivity contribution >= 4 is 29.0 Å². The number of ketones is 1. The molecule has 3 fully saturated rings. The molecule has 1 aliphatic heterocycles. The Bertz CT molecular complexity index is 1140. The first kappa shape index (κ1) is 31.9. The number of carboxylic acid groups (broad SMARTS) is 1. The number of unbranched alkanes of at least 4 members (excludes halogenated alkanes) is 6. The number of likely N-dealkylation sites (N-methyl/N-ethyl adjacent to an activating group) is 1. The summed E-state index contributed by atoms with van der Waals surface area (Å²) in [5.74, 6) is 0.0878. The van der Waals surface area contributed by atoms with Crippen molar-refractivity contribution < 1.29 is 29.4 Å². The van der Waals surface area contributed by atoms with Crippen LogP contribution in [0.5, 0.6) is 5.75 Å². The molecule has 1 unspecified atom stereocenters. The first-order valence-corrected chi connectivity index (χ1v) is 16.3. The van der Waals surface area contributed by atoms with Crippen molar-refractivity contribution in [3.63, 3.8) is 0 Å². The fourth-order valence-corrected chi connectivity index (χ4v) is 8.49. The standard InChI is InChI=1S/C23H30N2O3S.C10H20O2/c1-25(13-14-3-2-4-14)10-9-22-12-16(26)7-8-23(22,28)18(25)11-15-5-6-17(21(24)29)20(27)19(15)22;1-2-3-4-5-6-7-8-9-10(11)12/h5-6,14,18,28H,2-4,7-13H2,1H3,(H2-,24,27,29);2-9H2,1H3,(H,11,12)/t18-,22-,23-,25?;/m1./s1. The maximum atomic E-state index is 12.6. The predicted molar refractivity (Wildman–Crippen MR) is 162 cm³/mol. The van der Waals surface area contributed by atoms with Crippen LogP contribution in [0.1, 0.15) is 120 Å². The Hall–Kier alpha value is -2.03. The third kappa shape index (κ3) is 6.35. The number of likely N-dealkylation sites (tertiary alicyclic amines) is 1. The lowest BCUT2D eigenvalue weighted by Crippen LogP contribution is -2.78. The average molecular weight is 587 g/mol. The van der Waals surface area contributed by atoms with Crippen molar-refractivity contribution in [3.05, 3.63) is 28.8 Å². The number of nitrogens with zero attached hydrogens (tertiary/aromatic N) is 1. The van der Waals surface area contributed by atoms with Gasteiger partial charge in [0.2, 0.25) is 0 Å². The van der Waals surface area contributed by atoms with E-state index in [9.17, 15) is 24.9 Å². The summed E-state index contributed by atoms with van der Waals surface area (Å²) in [5.41, 5.74) is 6.37. The number of carbonyl (C=O) groups is 2. The van der Waals surface area contributed by atoms with E-state index in [2.05, 4.69) is 14.0 Å². The van der Waals surface area contributed by atoms with Gasteiger partial charge >= 0.3 is 0 Å². The largest absolute Gasteiger partial charge is 0.550 e. The monoisotopic (exact) mass is 586 g/mol. The lowest BCUT2D eigenvalue weighted by Gasteiger charge is -2.65. The lowest BCUT2D eigenvalue weighted by atomic mass is 9.48. The van der Waals surface area contributed by atoms with E-state index in [-0.39, 0.29) is 29.0 Å². The van der Waals surface area contributed by atoms with Gasteiger partial charge in [0.15, 0.2) is 0 Å². The number of hydrogen-bond acceptors (Lipinski definition) is 6. The van der Waals surface area contributed by atoms with E-state index in [0.717, 1.165) is 53.9 Å². The molecule has 0 radical (unpaired) electrons. The Morgan fingerprint density at radius 3 is 2.44 bits per heavy atom. The molecular formula is C33H50N2O5S. The SMILES string of the molecule is CCCCCCCCCC(=O)[O-].C[N+]1(CC2CCC2)CC[C@]23CC(=O)CC[C@@]2(O)[C@H]1Cc1ccc(C(N)=S)c(O)c13. The van der Waals surface area contributed by atoms with Crippen molar-refractivity contribution in [2.75, 3.05) is 20.1 Å². The van der Waals surface area contributed by atoms with Crippen LogP contribution < -0.4 is 10.8 Å². The van der Waals surface area contributed by atoms with Crippen molar-refractivity contribution in [1.82, 2.24) is 0 Å². The number of rotatable bonds is 11. The van der Waals surface area contributed by atoms with Crippen LogP contribution in [-0.2, 0) is 21.4 Å². The van der Waals surface area contributed by atoms with Gasteiger partial charge in [0, 0.05) is 48.5 Å². The van der Waals surface area contributed by atoms with Gasteiger partial charge in [-0.3, -0.25) is 4.79 Å². The number of carboxylic acids is 1. The molecule has 3 aliphatic carbocycles. The van der Waals surface area contributed by atoms with Crippen LogP contribution >= 0.6 is 12.2 Å². The summed E-state index contributed by atoms with van der Waals surface area (Å²) in [5, 5.41) is 33.5. The van der Waals surface area contributed by atoms with Crippen LogP contribution in [0.15, 0.2) is 12.1 Å². The van der Waals surface area contributed by atoms with Gasteiger partial charge in [-0.05, 0) is 43.7 Å². The van der Waals surface area contributed by atoms with Crippen LogP contribution in [0.2, 0.25) is 0 Å². The van der Waals surface area contributed by atoms with E-state index in [1.807, 2.05) is 6.07 Å². The van der Waals surface area contributed by atoms with Gasteiger partial charge in [0.05, 0.1) is 25.7 Å². The topological polar surface area (TPSA) is 124 Å². The average Bonchev–Trinajstić information content (AvgIpc) is 2.89. The number of hydrogen-bond donors (Lipinski definition) is 3. The molecule has 228 valence electrons. The number of fused-ring (bicyclic) bond motifs is 1. The molecule has 1 saturated heterocycles. The van der Waals surface area contributed by atoms with Crippen LogP contribution in [-0.4, -0.2) is 63.2 Å². The van der Waals surface area contributed by atoms with E-state index in [1.165, 1.54) is 51.4 Å². The molecule has 7 nitrogen and oxygen atoms in total. The molecule has 1 heterocycles.